The molecular weight excluding hydrogens is 154 g/mol. The molecule has 62 valence electrons. The first-order valence-corrected chi connectivity index (χ1v) is 3.55. The van der Waals surface area contributed by atoms with Gasteiger partial charge in [0.05, 0.1) is 0 Å². The van der Waals surface area contributed by atoms with Crippen molar-refractivity contribution in [2.24, 2.45) is 0 Å². The maximum Gasteiger partial charge on any atom is 0.257 e. The summed E-state index contributed by atoms with van der Waals surface area (Å²) in [5.41, 5.74) is 1.57. The van der Waals surface area contributed by atoms with Gasteiger partial charge in [-0.25, -0.2) is 0 Å². The Balaban J connectivity index is 2.82. The van der Waals surface area contributed by atoms with Crippen LogP contribution in [0.2, 0.25) is 0 Å². The van der Waals surface area contributed by atoms with Crippen LogP contribution in [-0.4, -0.2) is 12.3 Å². The van der Waals surface area contributed by atoms with Crippen LogP contribution in [0.5, 0.6) is 0 Å². The maximum atomic E-state index is 11.0. The molecule has 0 saturated heterocycles. The Kier molecular flexibility index (Phi) is 2.58. The third-order valence-corrected chi connectivity index (χ3v) is 1.50. The molecule has 0 aliphatic heterocycles. The van der Waals surface area contributed by atoms with E-state index in [9.17, 15) is 9.59 Å². The number of hydrogen-bond donors (Lipinski definition) is 1. The van der Waals surface area contributed by atoms with E-state index in [1.807, 2.05) is 19.1 Å². The highest BCUT2D eigenvalue weighted by atomic mass is 16.2. The summed E-state index contributed by atoms with van der Waals surface area (Å²) in [6.45, 7) is 1.93. The summed E-state index contributed by atoms with van der Waals surface area (Å²) in [4.78, 5) is 20.9. The van der Waals surface area contributed by atoms with Gasteiger partial charge in [-0.15, -0.1) is 0 Å². The third kappa shape index (κ3) is 1.92. The average Bonchev–Trinajstić information content (AvgIpc) is 2.06. The summed E-state index contributed by atoms with van der Waals surface area (Å²) in [6.07, 6.45) is 0.377. The summed E-state index contributed by atoms with van der Waals surface area (Å²) in [5.74, 6) is -0.370. The standard InChI is InChI=1S/C9H9NO2/c1-7-2-4-8(5-3-7)9(12)10-6-11/h2-6H,1H3,(H,10,11,12). The number of hydrogen-bond acceptors (Lipinski definition) is 2. The van der Waals surface area contributed by atoms with Gasteiger partial charge in [0.25, 0.3) is 5.91 Å². The molecule has 0 aliphatic rings. The maximum absolute atomic E-state index is 11.0. The van der Waals surface area contributed by atoms with E-state index in [1.54, 1.807) is 12.1 Å². The van der Waals surface area contributed by atoms with Crippen molar-refractivity contribution >= 4 is 12.3 Å². The SMILES string of the molecule is Cc1ccc(C(=O)NC=O)cc1. The van der Waals surface area contributed by atoms with Crippen molar-refractivity contribution in [1.29, 1.82) is 0 Å². The molecule has 12 heavy (non-hydrogen) atoms. The minimum atomic E-state index is -0.370. The number of carbonyl (C=O) groups is 2. The van der Waals surface area contributed by atoms with Gasteiger partial charge in [-0.2, -0.15) is 0 Å². The van der Waals surface area contributed by atoms with E-state index in [2.05, 4.69) is 5.32 Å². The van der Waals surface area contributed by atoms with Gasteiger partial charge in [0.2, 0.25) is 6.41 Å². The van der Waals surface area contributed by atoms with Gasteiger partial charge >= 0.3 is 0 Å². The van der Waals surface area contributed by atoms with Crippen LogP contribution in [0.25, 0.3) is 0 Å². The van der Waals surface area contributed by atoms with E-state index in [4.69, 9.17) is 0 Å². The van der Waals surface area contributed by atoms with Gasteiger partial charge in [-0.1, -0.05) is 17.7 Å². The van der Waals surface area contributed by atoms with Crippen molar-refractivity contribution in [2.75, 3.05) is 0 Å². The summed E-state index contributed by atoms with van der Waals surface area (Å²) in [7, 11) is 0. The normalized spacial score (nSPS) is 9.08. The van der Waals surface area contributed by atoms with Crippen LogP contribution >= 0.6 is 0 Å². The predicted molar refractivity (Wildman–Crippen MR) is 44.7 cm³/mol. The van der Waals surface area contributed by atoms with Crippen LogP contribution in [0.1, 0.15) is 15.9 Å². The summed E-state index contributed by atoms with van der Waals surface area (Å²) in [5, 5.41) is 2.06. The third-order valence-electron chi connectivity index (χ3n) is 1.50. The van der Waals surface area contributed by atoms with Crippen LogP contribution in [0.15, 0.2) is 24.3 Å². The van der Waals surface area contributed by atoms with Gasteiger partial charge in [0.1, 0.15) is 0 Å². The number of carbonyl (C=O) groups excluding carboxylic acids is 2. The van der Waals surface area contributed by atoms with Gasteiger partial charge in [0, 0.05) is 5.56 Å². The monoisotopic (exact) mass is 163 g/mol. The Morgan fingerprint density at radius 3 is 2.42 bits per heavy atom. The van der Waals surface area contributed by atoms with E-state index in [-0.39, 0.29) is 5.91 Å². The highest BCUT2D eigenvalue weighted by Gasteiger charge is 2.01. The molecule has 0 bridgehead atoms. The highest BCUT2D eigenvalue weighted by molar-refractivity contribution is 5.99. The zero-order valence-corrected chi connectivity index (χ0v) is 6.70. The van der Waals surface area contributed by atoms with Gasteiger partial charge in [-0.3, -0.25) is 14.9 Å². The fraction of sp³-hybridized carbons (Fsp3) is 0.111. The number of nitrogens with one attached hydrogen (secondary N) is 1. The molecule has 3 heteroatoms. The van der Waals surface area contributed by atoms with Gasteiger partial charge < -0.3 is 0 Å². The molecule has 0 unspecified atom stereocenters. The number of amides is 2. The second-order valence-corrected chi connectivity index (χ2v) is 2.46. The van der Waals surface area contributed by atoms with Crippen LogP contribution in [0.4, 0.5) is 0 Å². The van der Waals surface area contributed by atoms with Crippen molar-refractivity contribution in [1.82, 2.24) is 5.32 Å². The summed E-state index contributed by atoms with van der Waals surface area (Å²) in [6, 6.07) is 6.99. The van der Waals surface area contributed by atoms with E-state index in [0.717, 1.165) is 5.56 Å². The molecular formula is C9H9NO2. The molecule has 0 radical (unpaired) electrons. The first-order chi connectivity index (χ1) is 5.74. The lowest BCUT2D eigenvalue weighted by atomic mass is 10.1. The first-order valence-electron chi connectivity index (χ1n) is 3.55. The molecule has 2 amide bonds. The minimum Gasteiger partial charge on any atom is -0.295 e. The number of imide groups is 1. The number of benzene rings is 1. The fourth-order valence-corrected chi connectivity index (χ4v) is 0.842. The largest absolute Gasteiger partial charge is 0.295 e. The average molecular weight is 163 g/mol. The van der Waals surface area contributed by atoms with Crippen molar-refractivity contribution in [3.05, 3.63) is 35.4 Å². The summed E-state index contributed by atoms with van der Waals surface area (Å²) >= 11 is 0. The highest BCUT2D eigenvalue weighted by Crippen LogP contribution is 2.01. The molecule has 0 saturated carbocycles. The fourth-order valence-electron chi connectivity index (χ4n) is 0.842. The van der Waals surface area contributed by atoms with Crippen molar-refractivity contribution in [2.45, 2.75) is 6.92 Å². The molecule has 1 N–H and O–H groups in total. The van der Waals surface area contributed by atoms with Gasteiger partial charge in [0.15, 0.2) is 0 Å². The van der Waals surface area contributed by atoms with Crippen LogP contribution in [0.3, 0.4) is 0 Å². The Morgan fingerprint density at radius 1 is 1.33 bits per heavy atom. The zero-order valence-electron chi connectivity index (χ0n) is 6.70. The molecule has 0 spiro atoms. The summed E-state index contributed by atoms with van der Waals surface area (Å²) < 4.78 is 0. The van der Waals surface area contributed by atoms with E-state index < -0.39 is 0 Å². The molecule has 3 nitrogen and oxygen atoms in total. The predicted octanol–water partition coefficient (Wildman–Crippen LogP) is 0.881. The van der Waals surface area contributed by atoms with E-state index in [0.29, 0.717) is 12.0 Å². The van der Waals surface area contributed by atoms with E-state index in [1.165, 1.54) is 0 Å². The van der Waals surface area contributed by atoms with Crippen molar-refractivity contribution < 1.29 is 9.59 Å². The second-order valence-electron chi connectivity index (χ2n) is 2.46. The molecule has 1 aromatic carbocycles. The smallest absolute Gasteiger partial charge is 0.257 e. The lowest BCUT2D eigenvalue weighted by Crippen LogP contribution is -2.20. The van der Waals surface area contributed by atoms with Crippen molar-refractivity contribution in [3.63, 3.8) is 0 Å². The first kappa shape index (κ1) is 8.46. The second kappa shape index (κ2) is 3.67. The number of aryl methyl sites for hydroxylation is 1. The molecule has 0 aromatic heterocycles. The molecule has 0 fully saturated rings. The minimum absolute atomic E-state index is 0.370. The molecule has 0 aliphatic carbocycles. The van der Waals surface area contributed by atoms with Crippen LogP contribution in [-0.2, 0) is 4.79 Å². The lowest BCUT2D eigenvalue weighted by molar-refractivity contribution is -0.108. The Morgan fingerprint density at radius 2 is 1.92 bits per heavy atom. The molecule has 0 atom stereocenters. The number of rotatable bonds is 2. The zero-order chi connectivity index (χ0) is 8.97. The van der Waals surface area contributed by atoms with E-state index >= 15 is 0 Å². The molecule has 1 rings (SSSR count). The quantitative estimate of drug-likeness (QED) is 0.658. The lowest BCUT2D eigenvalue weighted by Gasteiger charge is -1.97. The Bertz CT molecular complexity index is 290. The van der Waals surface area contributed by atoms with Crippen molar-refractivity contribution in [3.8, 4) is 0 Å². The topological polar surface area (TPSA) is 46.2 Å². The Labute approximate surface area is 70.4 Å². The molecule has 1 aromatic rings. The van der Waals surface area contributed by atoms with Gasteiger partial charge in [-0.05, 0) is 19.1 Å². The molecule has 0 heterocycles. The van der Waals surface area contributed by atoms with Crippen LogP contribution in [0, 0.1) is 6.92 Å². The van der Waals surface area contributed by atoms with Crippen LogP contribution < -0.4 is 5.32 Å². The Hall–Kier alpha value is -1.64.